The third-order valence-corrected chi connectivity index (χ3v) is 8.34. The van der Waals surface area contributed by atoms with Crippen molar-refractivity contribution in [2.45, 2.75) is 46.6 Å². The Morgan fingerprint density at radius 2 is 1.68 bits per heavy atom. The van der Waals surface area contributed by atoms with Crippen molar-refractivity contribution in [3.05, 3.63) is 101 Å². The Bertz CT molecular complexity index is 1770. The van der Waals surface area contributed by atoms with Crippen molar-refractivity contribution >= 4 is 33.4 Å². The van der Waals surface area contributed by atoms with Crippen molar-refractivity contribution in [2.24, 2.45) is 11.3 Å². The molecule has 5 nitrogen and oxygen atoms in total. The summed E-state index contributed by atoms with van der Waals surface area (Å²) in [6.45, 7) is 9.46. The number of rotatable bonds is 3. The van der Waals surface area contributed by atoms with Gasteiger partial charge in [0.1, 0.15) is 11.6 Å². The summed E-state index contributed by atoms with van der Waals surface area (Å²) >= 11 is 0. The Morgan fingerprint density at radius 1 is 0.947 bits per heavy atom. The van der Waals surface area contributed by atoms with E-state index in [2.05, 4.69) is 98.3 Å². The van der Waals surface area contributed by atoms with Gasteiger partial charge in [-0.05, 0) is 55.2 Å². The van der Waals surface area contributed by atoms with Gasteiger partial charge in [0.05, 0.1) is 17.3 Å². The number of hydrogen-bond donors (Lipinski definition) is 1. The number of carbonyl (C=O) groups excluding carboxylic acids is 1. The van der Waals surface area contributed by atoms with Crippen molar-refractivity contribution in [3.63, 3.8) is 0 Å². The SMILES string of the molecule is CCn1c2ccccc2c2cc([C@@H]3c4c(C)nn(-c5ccccc5)c4NC4=CC(C)(C)CC(=O)[C@H]43)ccc21. The van der Waals surface area contributed by atoms with Gasteiger partial charge >= 0.3 is 0 Å². The highest BCUT2D eigenvalue weighted by molar-refractivity contribution is 6.08. The van der Waals surface area contributed by atoms with E-state index in [1.54, 1.807) is 0 Å². The number of aryl methyl sites for hydroxylation is 2. The van der Waals surface area contributed by atoms with Crippen LogP contribution in [0, 0.1) is 18.3 Å². The Labute approximate surface area is 222 Å². The monoisotopic (exact) mass is 500 g/mol. The fourth-order valence-electron chi connectivity index (χ4n) is 6.83. The van der Waals surface area contributed by atoms with Crippen molar-refractivity contribution in [2.75, 3.05) is 5.32 Å². The fraction of sp³-hybridized carbons (Fsp3) is 0.273. The van der Waals surface area contributed by atoms with Gasteiger partial charge in [0.2, 0.25) is 0 Å². The molecule has 0 radical (unpaired) electrons. The summed E-state index contributed by atoms with van der Waals surface area (Å²) in [5.74, 6) is 0.896. The van der Waals surface area contributed by atoms with Crippen LogP contribution < -0.4 is 5.32 Å². The molecule has 3 heterocycles. The van der Waals surface area contributed by atoms with Crippen LogP contribution in [-0.4, -0.2) is 20.1 Å². The third-order valence-electron chi connectivity index (χ3n) is 8.34. The van der Waals surface area contributed by atoms with E-state index in [1.807, 2.05) is 22.9 Å². The van der Waals surface area contributed by atoms with E-state index in [9.17, 15) is 4.79 Å². The van der Waals surface area contributed by atoms with Crippen LogP contribution in [0.5, 0.6) is 0 Å². The van der Waals surface area contributed by atoms with Gasteiger partial charge < -0.3 is 9.88 Å². The second-order valence-electron chi connectivity index (χ2n) is 11.4. The first kappa shape index (κ1) is 23.0. The van der Waals surface area contributed by atoms with Crippen LogP contribution in [0.4, 0.5) is 5.82 Å². The first-order valence-electron chi connectivity index (χ1n) is 13.5. The Balaban J connectivity index is 1.50. The van der Waals surface area contributed by atoms with Gasteiger partial charge in [-0.25, -0.2) is 4.68 Å². The van der Waals surface area contributed by atoms with Crippen LogP contribution in [0.2, 0.25) is 0 Å². The maximum atomic E-state index is 13.8. The quantitative estimate of drug-likeness (QED) is 0.281. The number of hydrogen-bond acceptors (Lipinski definition) is 3. The number of aromatic nitrogens is 3. The molecule has 1 aliphatic heterocycles. The van der Waals surface area contributed by atoms with Gasteiger partial charge in [-0.2, -0.15) is 5.10 Å². The molecule has 0 bridgehead atoms. The number of para-hydroxylation sites is 2. The molecule has 2 aliphatic rings. The molecule has 0 saturated heterocycles. The summed E-state index contributed by atoms with van der Waals surface area (Å²) in [5, 5.41) is 11.2. The van der Waals surface area contributed by atoms with Gasteiger partial charge in [0, 0.05) is 51.9 Å². The van der Waals surface area contributed by atoms with Crippen LogP contribution >= 0.6 is 0 Å². The number of benzene rings is 3. The molecule has 5 aromatic rings. The van der Waals surface area contributed by atoms with E-state index >= 15 is 0 Å². The number of allylic oxidation sites excluding steroid dienone is 2. The average Bonchev–Trinajstić information content (AvgIpc) is 3.41. The fourth-order valence-corrected chi connectivity index (χ4v) is 6.83. The van der Waals surface area contributed by atoms with Gasteiger partial charge in [0.15, 0.2) is 0 Å². The summed E-state index contributed by atoms with van der Waals surface area (Å²) < 4.78 is 4.38. The lowest BCUT2D eigenvalue weighted by atomic mass is 9.67. The van der Waals surface area contributed by atoms with E-state index in [-0.39, 0.29) is 17.3 Å². The zero-order valence-electron chi connectivity index (χ0n) is 22.3. The Hall–Kier alpha value is -4.12. The highest BCUT2D eigenvalue weighted by atomic mass is 16.1. The van der Waals surface area contributed by atoms with Crippen molar-refractivity contribution in [3.8, 4) is 5.69 Å². The van der Waals surface area contributed by atoms with Crippen LogP contribution in [0.15, 0.2) is 84.6 Å². The first-order chi connectivity index (χ1) is 18.4. The first-order valence-corrected chi connectivity index (χ1v) is 13.5. The largest absolute Gasteiger partial charge is 0.343 e. The minimum atomic E-state index is -0.250. The van der Waals surface area contributed by atoms with Crippen LogP contribution in [0.25, 0.3) is 27.5 Å². The lowest BCUT2D eigenvalue weighted by molar-refractivity contribution is -0.124. The second-order valence-corrected chi connectivity index (χ2v) is 11.4. The molecule has 5 heteroatoms. The van der Waals surface area contributed by atoms with Crippen molar-refractivity contribution in [1.29, 1.82) is 0 Å². The second kappa shape index (κ2) is 8.19. The number of carbonyl (C=O) groups is 1. The zero-order valence-corrected chi connectivity index (χ0v) is 22.3. The predicted octanol–water partition coefficient (Wildman–Crippen LogP) is 7.37. The standard InChI is InChI=1S/C33H32N4O/c1-5-36-26-14-10-9-13-23(26)24-17-21(15-16-27(24)36)30-29-20(2)35-37(22-11-7-6-8-12-22)32(29)34-25-18-33(3,4)19-28(38)31(25)30/h6-18,30-31,34H,5,19H2,1-4H3/t30-,31+/m1/s1. The molecule has 190 valence electrons. The number of anilines is 1. The van der Waals surface area contributed by atoms with Crippen molar-refractivity contribution < 1.29 is 4.79 Å². The average molecular weight is 501 g/mol. The molecule has 0 amide bonds. The predicted molar refractivity (Wildman–Crippen MR) is 154 cm³/mol. The van der Waals surface area contributed by atoms with Gasteiger partial charge in [-0.3, -0.25) is 4.79 Å². The van der Waals surface area contributed by atoms with E-state index < -0.39 is 0 Å². The molecule has 0 fully saturated rings. The van der Waals surface area contributed by atoms with Crippen LogP contribution in [0.1, 0.15) is 49.9 Å². The number of Topliss-reactive ketones (excluding diaryl/α,β-unsaturated/α-hetero) is 1. The molecular formula is C33H32N4O. The smallest absolute Gasteiger partial charge is 0.143 e. The van der Waals surface area contributed by atoms with Gasteiger partial charge in [0.25, 0.3) is 0 Å². The van der Waals surface area contributed by atoms with Crippen molar-refractivity contribution in [1.82, 2.24) is 14.3 Å². The molecular weight excluding hydrogens is 468 g/mol. The number of ketones is 1. The summed E-state index contributed by atoms with van der Waals surface area (Å²) in [6, 6.07) is 25.7. The number of nitrogens with one attached hydrogen (secondary N) is 1. The minimum Gasteiger partial charge on any atom is -0.343 e. The normalized spacial score (nSPS) is 20.2. The molecule has 3 aromatic carbocycles. The Morgan fingerprint density at radius 3 is 2.47 bits per heavy atom. The number of fused-ring (bicyclic) bond motifs is 5. The maximum absolute atomic E-state index is 13.8. The lowest BCUT2D eigenvalue weighted by Gasteiger charge is -2.40. The third kappa shape index (κ3) is 3.31. The van der Waals surface area contributed by atoms with E-state index in [1.165, 1.54) is 27.4 Å². The highest BCUT2D eigenvalue weighted by Gasteiger charge is 2.46. The van der Waals surface area contributed by atoms with E-state index in [0.29, 0.717) is 12.2 Å². The molecule has 0 spiro atoms. The van der Waals surface area contributed by atoms with Gasteiger partial charge in [-0.1, -0.05) is 62.4 Å². The molecule has 2 atom stereocenters. The maximum Gasteiger partial charge on any atom is 0.143 e. The molecule has 1 aliphatic carbocycles. The molecule has 0 saturated carbocycles. The highest BCUT2D eigenvalue weighted by Crippen LogP contribution is 2.51. The zero-order chi connectivity index (χ0) is 26.2. The van der Waals surface area contributed by atoms with Gasteiger partial charge in [-0.15, -0.1) is 0 Å². The van der Waals surface area contributed by atoms with Crippen LogP contribution in [-0.2, 0) is 11.3 Å². The topological polar surface area (TPSA) is 51.9 Å². The summed E-state index contributed by atoms with van der Waals surface area (Å²) in [7, 11) is 0. The Kier molecular flexibility index (Phi) is 4.96. The minimum absolute atomic E-state index is 0.105. The van der Waals surface area contributed by atoms with E-state index in [0.717, 1.165) is 35.0 Å². The van der Waals surface area contributed by atoms with Crippen LogP contribution in [0.3, 0.4) is 0 Å². The van der Waals surface area contributed by atoms with E-state index in [4.69, 9.17) is 5.10 Å². The molecule has 38 heavy (non-hydrogen) atoms. The molecule has 0 unspecified atom stereocenters. The molecule has 2 aromatic heterocycles. The summed E-state index contributed by atoms with van der Waals surface area (Å²) in [5.41, 5.74) is 7.52. The number of nitrogens with zero attached hydrogens (tertiary/aromatic N) is 3. The molecule has 1 N–H and O–H groups in total. The molecule has 7 rings (SSSR count). The summed E-state index contributed by atoms with van der Waals surface area (Å²) in [4.78, 5) is 13.8. The summed E-state index contributed by atoms with van der Waals surface area (Å²) in [6.07, 6.45) is 2.81. The lowest BCUT2D eigenvalue weighted by Crippen LogP contribution is -2.39.